The zero-order valence-corrected chi connectivity index (χ0v) is 41.3. The molecule has 0 amide bonds. The van der Waals surface area contributed by atoms with Gasteiger partial charge >= 0.3 is 17.9 Å². The molecule has 0 aromatic rings. The van der Waals surface area contributed by atoms with Crippen LogP contribution in [0.2, 0.25) is 0 Å². The molecular weight excluding hydrogens is 781 g/mol. The summed E-state index contributed by atoms with van der Waals surface area (Å²) in [6.07, 6.45) is 64.6. The molecule has 0 spiro atoms. The maximum Gasteiger partial charge on any atom is 0.306 e. The van der Waals surface area contributed by atoms with Crippen LogP contribution in [-0.4, -0.2) is 37.2 Å². The van der Waals surface area contributed by atoms with Gasteiger partial charge in [-0.3, -0.25) is 14.4 Å². The summed E-state index contributed by atoms with van der Waals surface area (Å²) in [4.78, 5) is 38.0. The van der Waals surface area contributed by atoms with E-state index < -0.39 is 6.10 Å². The maximum absolute atomic E-state index is 12.8. The van der Waals surface area contributed by atoms with Crippen LogP contribution in [0, 0.1) is 0 Å². The van der Waals surface area contributed by atoms with Crippen molar-refractivity contribution >= 4 is 17.9 Å². The number of carbonyl (C=O) groups is 3. The first-order chi connectivity index (χ1) is 31.0. The molecule has 0 aromatic carbocycles. The number of hydrogen-bond donors (Lipinski definition) is 0. The van der Waals surface area contributed by atoms with Crippen LogP contribution < -0.4 is 0 Å². The van der Waals surface area contributed by atoms with Gasteiger partial charge in [-0.05, 0) is 103 Å². The van der Waals surface area contributed by atoms with Gasteiger partial charge in [0.1, 0.15) is 13.2 Å². The highest BCUT2D eigenvalue weighted by molar-refractivity contribution is 5.71. The minimum Gasteiger partial charge on any atom is -0.462 e. The van der Waals surface area contributed by atoms with E-state index >= 15 is 0 Å². The third-order valence-corrected chi connectivity index (χ3v) is 11.2. The molecule has 1 atom stereocenters. The first-order valence-electron chi connectivity index (χ1n) is 26.4. The van der Waals surface area contributed by atoms with Crippen LogP contribution >= 0.6 is 0 Å². The number of ether oxygens (including phenoxy) is 3. The van der Waals surface area contributed by atoms with Gasteiger partial charge in [0.15, 0.2) is 6.10 Å². The van der Waals surface area contributed by atoms with Crippen molar-refractivity contribution in [2.24, 2.45) is 0 Å². The molecule has 0 radical (unpaired) electrons. The third kappa shape index (κ3) is 49.7. The quantitative estimate of drug-likeness (QED) is 0.0262. The molecule has 0 saturated carbocycles. The lowest BCUT2D eigenvalue weighted by Crippen LogP contribution is -2.30. The summed E-state index contributed by atoms with van der Waals surface area (Å²) in [5.74, 6) is -0.918. The van der Waals surface area contributed by atoms with Crippen molar-refractivity contribution in [2.75, 3.05) is 13.2 Å². The second kappa shape index (κ2) is 51.5. The fourth-order valence-corrected chi connectivity index (χ4v) is 7.25. The fourth-order valence-electron chi connectivity index (χ4n) is 7.25. The molecule has 0 heterocycles. The van der Waals surface area contributed by atoms with Gasteiger partial charge < -0.3 is 14.2 Å². The third-order valence-electron chi connectivity index (χ3n) is 11.2. The molecule has 6 nitrogen and oxygen atoms in total. The number of rotatable bonds is 47. The number of carbonyl (C=O) groups excluding carboxylic acids is 3. The van der Waals surface area contributed by atoms with Gasteiger partial charge in [-0.15, -0.1) is 0 Å². The molecule has 0 N–H and O–H groups in total. The minimum atomic E-state index is -0.789. The summed E-state index contributed by atoms with van der Waals surface area (Å²) in [5, 5.41) is 0. The van der Waals surface area contributed by atoms with Crippen LogP contribution in [-0.2, 0) is 28.6 Å². The normalized spacial score (nSPS) is 12.6. The molecule has 362 valence electrons. The Kier molecular flexibility index (Phi) is 48.9. The lowest BCUT2D eigenvalue weighted by Gasteiger charge is -2.18. The van der Waals surface area contributed by atoms with Crippen molar-refractivity contribution in [1.29, 1.82) is 0 Å². The standard InChI is InChI=1S/C57H98O6/c1-4-7-10-13-16-19-22-25-27-29-31-32-35-38-41-44-47-50-56(59)62-53-54(52-61-55(58)49-46-43-40-37-34-24-21-18-15-12-9-6-3)63-57(60)51-48-45-42-39-36-33-30-28-26-23-20-17-14-11-8-5-2/h8-9,11-12,17-18,20-21,25-28,54H,4-7,10,13-16,19,22-24,29-53H2,1-3H3/b11-8-,12-9-,20-17-,21-18-,27-25-,28-26-. The average molecular weight is 879 g/mol. The van der Waals surface area contributed by atoms with E-state index in [0.29, 0.717) is 19.3 Å². The molecule has 0 aliphatic carbocycles. The minimum absolute atomic E-state index is 0.0877. The van der Waals surface area contributed by atoms with Gasteiger partial charge in [0.25, 0.3) is 0 Å². The van der Waals surface area contributed by atoms with Crippen molar-refractivity contribution in [3.63, 3.8) is 0 Å². The van der Waals surface area contributed by atoms with Crippen LogP contribution in [0.3, 0.4) is 0 Å². The number of hydrogen-bond acceptors (Lipinski definition) is 6. The number of allylic oxidation sites excluding steroid dienone is 12. The predicted molar refractivity (Wildman–Crippen MR) is 270 cm³/mol. The summed E-state index contributed by atoms with van der Waals surface area (Å²) in [6, 6.07) is 0. The fraction of sp³-hybridized carbons (Fsp3) is 0.737. The van der Waals surface area contributed by atoms with Gasteiger partial charge in [0, 0.05) is 19.3 Å². The van der Waals surface area contributed by atoms with E-state index in [0.717, 1.165) is 122 Å². The van der Waals surface area contributed by atoms with Crippen LogP contribution in [0.4, 0.5) is 0 Å². The topological polar surface area (TPSA) is 78.9 Å². The van der Waals surface area contributed by atoms with E-state index in [4.69, 9.17) is 14.2 Å². The zero-order valence-electron chi connectivity index (χ0n) is 41.3. The van der Waals surface area contributed by atoms with Crippen LogP contribution in [0.1, 0.15) is 252 Å². The number of esters is 3. The monoisotopic (exact) mass is 879 g/mol. The second-order valence-electron chi connectivity index (χ2n) is 17.4. The molecule has 1 unspecified atom stereocenters. The van der Waals surface area contributed by atoms with Crippen molar-refractivity contribution < 1.29 is 28.6 Å². The Bertz CT molecular complexity index is 1190. The summed E-state index contributed by atoms with van der Waals surface area (Å²) in [5.41, 5.74) is 0. The molecule has 63 heavy (non-hydrogen) atoms. The predicted octanol–water partition coefficient (Wildman–Crippen LogP) is 17.4. The molecule has 0 aromatic heterocycles. The van der Waals surface area contributed by atoms with E-state index in [1.165, 1.54) is 89.9 Å². The van der Waals surface area contributed by atoms with Gasteiger partial charge in [-0.1, -0.05) is 203 Å². The lowest BCUT2D eigenvalue weighted by atomic mass is 10.1. The van der Waals surface area contributed by atoms with Crippen molar-refractivity contribution in [1.82, 2.24) is 0 Å². The van der Waals surface area contributed by atoms with Crippen LogP contribution in [0.5, 0.6) is 0 Å². The van der Waals surface area contributed by atoms with Gasteiger partial charge in [-0.2, -0.15) is 0 Å². The first-order valence-corrected chi connectivity index (χ1v) is 26.4. The number of unbranched alkanes of at least 4 members (excludes halogenated alkanes) is 24. The molecular formula is C57H98O6. The van der Waals surface area contributed by atoms with Crippen LogP contribution in [0.15, 0.2) is 72.9 Å². The Labute approximate surface area is 389 Å². The summed E-state index contributed by atoms with van der Waals surface area (Å²) in [6.45, 7) is 6.39. The molecule has 6 heteroatoms. The Balaban J connectivity index is 4.40. The highest BCUT2D eigenvalue weighted by Gasteiger charge is 2.19. The van der Waals surface area contributed by atoms with E-state index in [2.05, 4.69) is 93.7 Å². The Morgan fingerprint density at radius 1 is 0.333 bits per heavy atom. The molecule has 0 aliphatic rings. The van der Waals surface area contributed by atoms with E-state index in [1.807, 2.05) is 0 Å². The largest absolute Gasteiger partial charge is 0.462 e. The lowest BCUT2D eigenvalue weighted by molar-refractivity contribution is -0.167. The Morgan fingerprint density at radius 2 is 0.619 bits per heavy atom. The SMILES string of the molecule is CC/C=C\C/C=C\C/C=C\CCCCCCCCC(=O)OC(COC(=O)CCCCCCC/C=C\C/C=C\CC)COC(=O)CCCCCCCCC/C=C\CCCCCCCC. The molecule has 0 fully saturated rings. The van der Waals surface area contributed by atoms with Gasteiger partial charge in [0.05, 0.1) is 0 Å². The molecule has 0 aliphatic heterocycles. The van der Waals surface area contributed by atoms with Crippen LogP contribution in [0.25, 0.3) is 0 Å². The van der Waals surface area contributed by atoms with Crippen molar-refractivity contribution in [3.8, 4) is 0 Å². The molecule has 0 saturated heterocycles. The smallest absolute Gasteiger partial charge is 0.306 e. The Morgan fingerprint density at radius 3 is 0.984 bits per heavy atom. The van der Waals surface area contributed by atoms with E-state index in [9.17, 15) is 14.4 Å². The Hall–Kier alpha value is -3.15. The van der Waals surface area contributed by atoms with E-state index in [1.54, 1.807) is 0 Å². The van der Waals surface area contributed by atoms with Crippen molar-refractivity contribution in [3.05, 3.63) is 72.9 Å². The van der Waals surface area contributed by atoms with Gasteiger partial charge in [0.2, 0.25) is 0 Å². The maximum atomic E-state index is 12.8. The summed E-state index contributed by atoms with van der Waals surface area (Å²) < 4.78 is 16.8. The van der Waals surface area contributed by atoms with Gasteiger partial charge in [-0.25, -0.2) is 0 Å². The zero-order chi connectivity index (χ0) is 45.8. The molecule has 0 rings (SSSR count). The summed E-state index contributed by atoms with van der Waals surface area (Å²) >= 11 is 0. The highest BCUT2D eigenvalue weighted by Crippen LogP contribution is 2.14. The van der Waals surface area contributed by atoms with Crippen molar-refractivity contribution in [2.45, 2.75) is 258 Å². The summed E-state index contributed by atoms with van der Waals surface area (Å²) in [7, 11) is 0. The second-order valence-corrected chi connectivity index (χ2v) is 17.4. The molecule has 0 bridgehead atoms. The average Bonchev–Trinajstić information content (AvgIpc) is 3.28. The van der Waals surface area contributed by atoms with E-state index in [-0.39, 0.29) is 31.1 Å². The first kappa shape index (κ1) is 59.9. The highest BCUT2D eigenvalue weighted by atomic mass is 16.6.